The third-order valence-corrected chi connectivity index (χ3v) is 6.69. The fourth-order valence-electron chi connectivity index (χ4n) is 2.60. The molecule has 21 heavy (non-hydrogen) atoms. The first-order valence-electron chi connectivity index (χ1n) is 6.46. The highest BCUT2D eigenvalue weighted by molar-refractivity contribution is 14.1. The lowest BCUT2D eigenvalue weighted by Gasteiger charge is -2.28. The third kappa shape index (κ3) is 2.15. The highest BCUT2D eigenvalue weighted by Gasteiger charge is 2.29. The molecule has 0 saturated carbocycles. The van der Waals surface area contributed by atoms with Gasteiger partial charge in [0.2, 0.25) is 0 Å². The van der Waals surface area contributed by atoms with Crippen molar-refractivity contribution in [2.75, 3.05) is 4.90 Å². The molecule has 5 heteroatoms. The summed E-state index contributed by atoms with van der Waals surface area (Å²) in [7, 11) is 0. The van der Waals surface area contributed by atoms with Gasteiger partial charge in [0.25, 0.3) is 5.91 Å². The summed E-state index contributed by atoms with van der Waals surface area (Å²) in [6.07, 6.45) is 0. The van der Waals surface area contributed by atoms with Gasteiger partial charge >= 0.3 is 0 Å². The molecule has 3 aromatic rings. The summed E-state index contributed by atoms with van der Waals surface area (Å²) in [6, 6.07) is 12.4. The van der Waals surface area contributed by atoms with Crippen LogP contribution in [0.15, 0.2) is 47.2 Å². The highest BCUT2D eigenvalue weighted by Crippen LogP contribution is 2.43. The van der Waals surface area contributed by atoms with E-state index in [1.807, 2.05) is 28.5 Å². The fraction of sp³-hybridized carbons (Fsp3) is 0.0625. The second kappa shape index (κ2) is 5.23. The number of rotatable bonds is 1. The molecule has 2 nitrogen and oxygen atoms in total. The van der Waals surface area contributed by atoms with E-state index >= 15 is 0 Å². The SMILES string of the molecule is O=C(c1sccc1I)N1Cc2ccccc2-c2sccc21. The summed E-state index contributed by atoms with van der Waals surface area (Å²) in [5.41, 5.74) is 3.51. The zero-order chi connectivity index (χ0) is 14.4. The maximum atomic E-state index is 12.9. The molecule has 4 rings (SSSR count). The molecule has 0 bridgehead atoms. The average Bonchev–Trinajstić information content (AvgIpc) is 3.14. The maximum Gasteiger partial charge on any atom is 0.269 e. The Kier molecular flexibility index (Phi) is 3.35. The van der Waals surface area contributed by atoms with Crippen molar-refractivity contribution in [2.45, 2.75) is 6.54 Å². The van der Waals surface area contributed by atoms with Crippen molar-refractivity contribution in [3.05, 3.63) is 61.2 Å². The first kappa shape index (κ1) is 13.5. The van der Waals surface area contributed by atoms with Crippen molar-refractivity contribution >= 4 is 56.9 Å². The van der Waals surface area contributed by atoms with Crippen LogP contribution in [0.4, 0.5) is 5.69 Å². The highest BCUT2D eigenvalue weighted by atomic mass is 127. The first-order chi connectivity index (χ1) is 10.3. The van der Waals surface area contributed by atoms with Gasteiger partial charge < -0.3 is 4.90 Å². The van der Waals surface area contributed by atoms with E-state index in [0.29, 0.717) is 6.54 Å². The van der Waals surface area contributed by atoms with Crippen LogP contribution in [-0.2, 0) is 6.54 Å². The van der Waals surface area contributed by atoms with E-state index in [1.165, 1.54) is 27.3 Å². The summed E-state index contributed by atoms with van der Waals surface area (Å²) in [4.78, 5) is 16.8. The molecule has 0 spiro atoms. The first-order valence-corrected chi connectivity index (χ1v) is 9.30. The Morgan fingerprint density at radius 1 is 1.10 bits per heavy atom. The number of benzene rings is 1. The van der Waals surface area contributed by atoms with Gasteiger partial charge in [-0.1, -0.05) is 24.3 Å². The standard InChI is InChI=1S/C16H10INOS2/c17-12-5-7-21-15(12)16(19)18-9-10-3-1-2-4-11(10)14-13(18)6-8-20-14/h1-8H,9H2. The number of carbonyl (C=O) groups is 1. The number of fused-ring (bicyclic) bond motifs is 3. The number of anilines is 1. The molecule has 1 amide bonds. The number of amides is 1. The predicted octanol–water partition coefficient (Wildman–Crippen LogP) is 5.24. The summed E-state index contributed by atoms with van der Waals surface area (Å²) >= 11 is 5.44. The van der Waals surface area contributed by atoms with E-state index in [9.17, 15) is 4.79 Å². The number of nitrogens with zero attached hydrogens (tertiary/aromatic N) is 1. The topological polar surface area (TPSA) is 20.3 Å². The number of carbonyl (C=O) groups excluding carboxylic acids is 1. The lowest BCUT2D eigenvalue weighted by molar-refractivity contribution is 0.0988. The molecule has 3 heterocycles. The van der Waals surface area contributed by atoms with Crippen LogP contribution >= 0.6 is 45.3 Å². The van der Waals surface area contributed by atoms with Gasteiger partial charge in [0.15, 0.2) is 0 Å². The minimum absolute atomic E-state index is 0.101. The fourth-order valence-corrected chi connectivity index (χ4v) is 5.33. The van der Waals surface area contributed by atoms with Gasteiger partial charge in [-0.25, -0.2) is 0 Å². The van der Waals surface area contributed by atoms with Gasteiger partial charge in [0.05, 0.1) is 17.1 Å². The largest absolute Gasteiger partial charge is 0.302 e. The summed E-state index contributed by atoms with van der Waals surface area (Å²) in [6.45, 7) is 0.646. The number of halogens is 1. The van der Waals surface area contributed by atoms with Gasteiger partial charge in [-0.2, -0.15) is 0 Å². The molecule has 0 fully saturated rings. The molecule has 2 aromatic heterocycles. The Morgan fingerprint density at radius 2 is 1.90 bits per heavy atom. The van der Waals surface area contributed by atoms with Crippen LogP contribution < -0.4 is 4.90 Å². The van der Waals surface area contributed by atoms with E-state index < -0.39 is 0 Å². The zero-order valence-corrected chi connectivity index (χ0v) is 14.7. The van der Waals surface area contributed by atoms with Gasteiger partial charge in [-0.3, -0.25) is 4.79 Å². The number of hydrogen-bond donors (Lipinski definition) is 0. The van der Waals surface area contributed by atoms with Gasteiger partial charge in [-0.15, -0.1) is 22.7 Å². The molecular formula is C16H10INOS2. The second-order valence-corrected chi connectivity index (χ2v) is 7.78. The van der Waals surface area contributed by atoms with Crippen LogP contribution in [0.3, 0.4) is 0 Å². The summed E-state index contributed by atoms with van der Waals surface area (Å²) < 4.78 is 1.03. The number of hydrogen-bond acceptors (Lipinski definition) is 3. The molecule has 104 valence electrons. The van der Waals surface area contributed by atoms with Crippen LogP contribution in [0.25, 0.3) is 10.4 Å². The molecule has 0 N–H and O–H groups in total. The predicted molar refractivity (Wildman–Crippen MR) is 97.3 cm³/mol. The van der Waals surface area contributed by atoms with Crippen molar-refractivity contribution in [1.82, 2.24) is 0 Å². The summed E-state index contributed by atoms with van der Waals surface area (Å²) in [5.74, 6) is 0.101. The Morgan fingerprint density at radius 3 is 2.71 bits per heavy atom. The molecule has 0 aliphatic carbocycles. The van der Waals surface area contributed by atoms with Crippen molar-refractivity contribution in [2.24, 2.45) is 0 Å². The van der Waals surface area contributed by atoms with Crippen LogP contribution in [0.2, 0.25) is 0 Å². The van der Waals surface area contributed by atoms with Crippen LogP contribution in [0.1, 0.15) is 15.2 Å². The maximum absolute atomic E-state index is 12.9. The van der Waals surface area contributed by atoms with Crippen molar-refractivity contribution in [3.8, 4) is 10.4 Å². The number of thiophene rings is 2. The van der Waals surface area contributed by atoms with Crippen molar-refractivity contribution in [1.29, 1.82) is 0 Å². The Balaban J connectivity index is 1.83. The van der Waals surface area contributed by atoms with Gasteiger partial charge in [0.1, 0.15) is 4.88 Å². The molecular weight excluding hydrogens is 413 g/mol. The Bertz CT molecular complexity index is 836. The van der Waals surface area contributed by atoms with E-state index in [4.69, 9.17) is 0 Å². The van der Waals surface area contributed by atoms with E-state index in [0.717, 1.165) is 14.1 Å². The molecule has 1 aliphatic rings. The minimum Gasteiger partial charge on any atom is -0.302 e. The minimum atomic E-state index is 0.101. The molecule has 0 radical (unpaired) electrons. The van der Waals surface area contributed by atoms with Crippen LogP contribution in [0, 0.1) is 3.57 Å². The molecule has 1 aromatic carbocycles. The second-order valence-electron chi connectivity index (χ2n) is 4.78. The normalized spacial score (nSPS) is 12.9. The lowest BCUT2D eigenvalue weighted by atomic mass is 10.0. The molecule has 0 atom stereocenters. The average molecular weight is 423 g/mol. The van der Waals surface area contributed by atoms with Gasteiger partial charge in [0, 0.05) is 3.57 Å². The lowest BCUT2D eigenvalue weighted by Crippen LogP contribution is -2.32. The van der Waals surface area contributed by atoms with Gasteiger partial charge in [-0.05, 0) is 56.6 Å². The third-order valence-electron chi connectivity index (χ3n) is 3.58. The van der Waals surface area contributed by atoms with E-state index in [2.05, 4.69) is 46.2 Å². The molecule has 0 unspecified atom stereocenters. The Labute approximate surface area is 144 Å². The van der Waals surface area contributed by atoms with E-state index in [-0.39, 0.29) is 5.91 Å². The van der Waals surface area contributed by atoms with Crippen molar-refractivity contribution in [3.63, 3.8) is 0 Å². The Hall–Kier alpha value is -1.18. The summed E-state index contributed by atoms with van der Waals surface area (Å²) in [5, 5.41) is 4.04. The van der Waals surface area contributed by atoms with Crippen LogP contribution in [-0.4, -0.2) is 5.91 Å². The zero-order valence-electron chi connectivity index (χ0n) is 10.9. The van der Waals surface area contributed by atoms with Crippen LogP contribution in [0.5, 0.6) is 0 Å². The van der Waals surface area contributed by atoms with Crippen molar-refractivity contribution < 1.29 is 4.79 Å². The van der Waals surface area contributed by atoms with E-state index in [1.54, 1.807) is 11.3 Å². The molecule has 1 aliphatic heterocycles. The smallest absolute Gasteiger partial charge is 0.269 e. The monoisotopic (exact) mass is 423 g/mol. The molecule has 0 saturated heterocycles. The quantitative estimate of drug-likeness (QED) is 0.490.